The topological polar surface area (TPSA) is 78.6 Å². The minimum Gasteiger partial charge on any atom is -0.460 e. The van der Waals surface area contributed by atoms with Crippen LogP contribution in [0.25, 0.3) is 0 Å². The minimum absolute atomic E-state index is 0.226. The molecule has 1 amide bonds. The highest BCUT2D eigenvalue weighted by Gasteiger charge is 2.18. The summed E-state index contributed by atoms with van der Waals surface area (Å²) < 4.78 is 9.12. The molecule has 5 nitrogen and oxygen atoms in total. The van der Waals surface area contributed by atoms with Crippen LogP contribution < -0.4 is 5.73 Å². The van der Waals surface area contributed by atoms with E-state index in [4.69, 9.17) is 10.5 Å². The predicted octanol–water partition coefficient (Wildman–Crippen LogP) is 0.422. The third-order valence-corrected chi connectivity index (χ3v) is 0.977. The Labute approximate surface area is 70.8 Å². The molecule has 0 saturated heterocycles. The highest BCUT2D eigenvalue weighted by atomic mass is 16.6. The van der Waals surface area contributed by atoms with Crippen molar-refractivity contribution >= 4 is 12.1 Å². The van der Waals surface area contributed by atoms with E-state index in [1.165, 1.54) is 6.92 Å². The van der Waals surface area contributed by atoms with Gasteiger partial charge in [0.1, 0.15) is 0 Å². The number of amides is 1. The first-order valence-corrected chi connectivity index (χ1v) is 3.60. The largest absolute Gasteiger partial charge is 0.460 e. The monoisotopic (exact) mass is 175 g/mol. The number of carbonyl (C=O) groups excluding carboxylic acids is 2. The quantitative estimate of drug-likeness (QED) is 0.630. The second-order valence-corrected chi connectivity index (χ2v) is 2.56. The average molecular weight is 175 g/mol. The van der Waals surface area contributed by atoms with Crippen LogP contribution in [0.5, 0.6) is 0 Å². The molecule has 1 unspecified atom stereocenters. The van der Waals surface area contributed by atoms with E-state index in [2.05, 4.69) is 4.74 Å². The van der Waals surface area contributed by atoms with Gasteiger partial charge in [-0.15, -0.1) is 0 Å². The molecule has 12 heavy (non-hydrogen) atoms. The van der Waals surface area contributed by atoms with Crippen molar-refractivity contribution in [2.45, 2.75) is 33.0 Å². The molecule has 0 aromatic carbocycles. The maximum absolute atomic E-state index is 10.9. The Morgan fingerprint density at radius 3 is 2.00 bits per heavy atom. The van der Waals surface area contributed by atoms with E-state index in [0.717, 1.165) is 0 Å². The van der Waals surface area contributed by atoms with Gasteiger partial charge in [-0.05, 0) is 20.8 Å². The van der Waals surface area contributed by atoms with E-state index >= 15 is 0 Å². The maximum Gasteiger partial charge on any atom is 0.405 e. The average Bonchev–Trinajstić information content (AvgIpc) is 1.84. The zero-order valence-corrected chi connectivity index (χ0v) is 7.37. The highest BCUT2D eigenvalue weighted by molar-refractivity contribution is 5.77. The van der Waals surface area contributed by atoms with Crippen molar-refractivity contribution < 1.29 is 19.1 Å². The summed E-state index contributed by atoms with van der Waals surface area (Å²) in [5.41, 5.74) is 4.69. The molecule has 0 aliphatic heterocycles. The Kier molecular flexibility index (Phi) is 4.10. The molecule has 5 heteroatoms. The van der Waals surface area contributed by atoms with Crippen LogP contribution in [0.15, 0.2) is 0 Å². The summed E-state index contributed by atoms with van der Waals surface area (Å²) in [6.07, 6.45) is -2.15. The first-order chi connectivity index (χ1) is 5.43. The van der Waals surface area contributed by atoms with Gasteiger partial charge in [-0.25, -0.2) is 9.59 Å². The zero-order valence-electron chi connectivity index (χ0n) is 7.37. The third-order valence-electron chi connectivity index (χ3n) is 0.977. The van der Waals surface area contributed by atoms with Crippen molar-refractivity contribution in [2.75, 3.05) is 0 Å². The number of hydrogen-bond acceptors (Lipinski definition) is 4. The van der Waals surface area contributed by atoms with Crippen LogP contribution in [0.1, 0.15) is 20.8 Å². The molecule has 0 radical (unpaired) electrons. The number of rotatable bonds is 3. The van der Waals surface area contributed by atoms with E-state index < -0.39 is 18.2 Å². The summed E-state index contributed by atoms with van der Waals surface area (Å²) >= 11 is 0. The molecule has 0 spiro atoms. The Morgan fingerprint density at radius 2 is 1.67 bits per heavy atom. The number of carbonyl (C=O) groups is 2. The van der Waals surface area contributed by atoms with E-state index in [1.807, 2.05) is 0 Å². The van der Waals surface area contributed by atoms with Gasteiger partial charge in [0.25, 0.3) is 0 Å². The van der Waals surface area contributed by atoms with Gasteiger partial charge in [-0.1, -0.05) is 0 Å². The van der Waals surface area contributed by atoms with Crippen LogP contribution in [0.4, 0.5) is 4.79 Å². The normalized spacial score (nSPS) is 12.3. The zero-order chi connectivity index (χ0) is 9.72. The van der Waals surface area contributed by atoms with Crippen LogP contribution in [0, 0.1) is 0 Å². The van der Waals surface area contributed by atoms with Gasteiger partial charge < -0.3 is 15.2 Å². The molecule has 0 bridgehead atoms. The number of ether oxygens (including phenoxy) is 2. The standard InChI is InChI=1S/C7H13NO4/c1-4(2)11-6(9)5(3)12-7(8)10/h4-5H,1-3H3,(H2,8,10). The van der Waals surface area contributed by atoms with Crippen LogP contribution in [0.2, 0.25) is 0 Å². The maximum atomic E-state index is 10.9. The van der Waals surface area contributed by atoms with Crippen molar-refractivity contribution in [3.63, 3.8) is 0 Å². The summed E-state index contributed by atoms with van der Waals surface area (Å²) in [5, 5.41) is 0. The fourth-order valence-corrected chi connectivity index (χ4v) is 0.550. The summed E-state index contributed by atoms with van der Waals surface area (Å²) in [7, 11) is 0. The first kappa shape index (κ1) is 10.7. The van der Waals surface area contributed by atoms with Crippen molar-refractivity contribution in [1.82, 2.24) is 0 Å². The van der Waals surface area contributed by atoms with E-state index in [-0.39, 0.29) is 6.10 Å². The van der Waals surface area contributed by atoms with Gasteiger partial charge >= 0.3 is 12.1 Å². The van der Waals surface area contributed by atoms with Crippen molar-refractivity contribution in [2.24, 2.45) is 5.73 Å². The smallest absolute Gasteiger partial charge is 0.405 e. The molecule has 2 N–H and O–H groups in total. The van der Waals surface area contributed by atoms with Gasteiger partial charge in [-0.3, -0.25) is 0 Å². The van der Waals surface area contributed by atoms with Gasteiger partial charge in [0, 0.05) is 0 Å². The SMILES string of the molecule is CC(C)OC(=O)C(C)OC(N)=O. The summed E-state index contributed by atoms with van der Waals surface area (Å²) in [6.45, 7) is 4.80. The van der Waals surface area contributed by atoms with E-state index in [0.29, 0.717) is 0 Å². The molecule has 0 rings (SSSR count). The fourth-order valence-electron chi connectivity index (χ4n) is 0.550. The number of esters is 1. The summed E-state index contributed by atoms with van der Waals surface area (Å²) in [5.74, 6) is -0.594. The lowest BCUT2D eigenvalue weighted by Crippen LogP contribution is -2.30. The molecular formula is C7H13NO4. The third kappa shape index (κ3) is 4.54. The molecule has 0 aliphatic carbocycles. The van der Waals surface area contributed by atoms with Crippen molar-refractivity contribution in [1.29, 1.82) is 0 Å². The summed E-state index contributed by atoms with van der Waals surface area (Å²) in [4.78, 5) is 21.1. The highest BCUT2D eigenvalue weighted by Crippen LogP contribution is 1.97. The molecule has 0 aromatic heterocycles. The number of nitrogens with two attached hydrogens (primary N) is 1. The first-order valence-electron chi connectivity index (χ1n) is 3.60. The fraction of sp³-hybridized carbons (Fsp3) is 0.714. The van der Waals surface area contributed by atoms with Crippen molar-refractivity contribution in [3.05, 3.63) is 0 Å². The van der Waals surface area contributed by atoms with Gasteiger partial charge in [-0.2, -0.15) is 0 Å². The van der Waals surface area contributed by atoms with Gasteiger partial charge in [0.2, 0.25) is 0 Å². The Balaban J connectivity index is 3.85. The molecule has 0 fully saturated rings. The molecule has 0 saturated carbocycles. The minimum atomic E-state index is -0.983. The van der Waals surface area contributed by atoms with E-state index in [9.17, 15) is 9.59 Å². The van der Waals surface area contributed by atoms with Gasteiger partial charge in [0.15, 0.2) is 6.10 Å². The molecule has 70 valence electrons. The molecule has 0 aromatic rings. The predicted molar refractivity (Wildman–Crippen MR) is 41.4 cm³/mol. The van der Waals surface area contributed by atoms with E-state index in [1.54, 1.807) is 13.8 Å². The second-order valence-electron chi connectivity index (χ2n) is 2.56. The Hall–Kier alpha value is -1.26. The number of hydrogen-bond donors (Lipinski definition) is 1. The van der Waals surface area contributed by atoms with Crippen LogP contribution in [-0.4, -0.2) is 24.3 Å². The second kappa shape index (κ2) is 4.58. The molecular weight excluding hydrogens is 162 g/mol. The lowest BCUT2D eigenvalue weighted by atomic mass is 10.4. The molecule has 1 atom stereocenters. The lowest BCUT2D eigenvalue weighted by molar-refractivity contribution is -0.156. The van der Waals surface area contributed by atoms with Gasteiger partial charge in [0.05, 0.1) is 6.10 Å². The lowest BCUT2D eigenvalue weighted by Gasteiger charge is -2.12. The van der Waals surface area contributed by atoms with Crippen molar-refractivity contribution in [3.8, 4) is 0 Å². The van der Waals surface area contributed by atoms with Crippen LogP contribution in [0.3, 0.4) is 0 Å². The molecule has 0 heterocycles. The summed E-state index contributed by atoms with van der Waals surface area (Å²) in [6, 6.07) is 0. The number of primary amides is 1. The Bertz CT molecular complexity index is 178. The Morgan fingerprint density at radius 1 is 1.17 bits per heavy atom. The van der Waals surface area contributed by atoms with Crippen LogP contribution >= 0.6 is 0 Å². The van der Waals surface area contributed by atoms with Crippen LogP contribution in [-0.2, 0) is 14.3 Å². The molecule has 0 aliphatic rings.